The lowest BCUT2D eigenvalue weighted by Crippen LogP contribution is -2.36. The third-order valence-electron chi connectivity index (χ3n) is 2.07. The zero-order chi connectivity index (χ0) is 13.9. The minimum absolute atomic E-state index is 0.00743. The number of hydrogen-bond acceptors (Lipinski definition) is 3. The van der Waals surface area contributed by atoms with E-state index in [9.17, 15) is 18.0 Å². The molecule has 1 aromatic heterocycles. The number of carbonyl (C=O) groups is 1. The number of anilines is 1. The second kappa shape index (κ2) is 5.43. The molecule has 1 N–H and O–H groups in total. The summed E-state index contributed by atoms with van der Waals surface area (Å²) in [5, 5.41) is 2.68. The molecule has 100 valence electrons. The van der Waals surface area contributed by atoms with Crippen molar-refractivity contribution in [1.29, 1.82) is 0 Å². The molecule has 0 unspecified atom stereocenters. The van der Waals surface area contributed by atoms with E-state index >= 15 is 0 Å². The van der Waals surface area contributed by atoms with Gasteiger partial charge in [0.05, 0.1) is 5.02 Å². The predicted molar refractivity (Wildman–Crippen MR) is 61.8 cm³/mol. The van der Waals surface area contributed by atoms with Crippen molar-refractivity contribution in [3.8, 4) is 0 Å². The fourth-order valence-electron chi connectivity index (χ4n) is 1.25. The number of pyridine rings is 1. The van der Waals surface area contributed by atoms with Crippen LogP contribution in [0.25, 0.3) is 0 Å². The summed E-state index contributed by atoms with van der Waals surface area (Å²) in [5.74, 6) is -0.530. The maximum absolute atomic E-state index is 12.2. The molecule has 0 saturated carbocycles. The molecule has 1 rings (SSSR count). The van der Waals surface area contributed by atoms with Gasteiger partial charge in [-0.3, -0.25) is 4.79 Å². The first-order chi connectivity index (χ1) is 8.24. The van der Waals surface area contributed by atoms with Gasteiger partial charge in [0.15, 0.2) is 0 Å². The van der Waals surface area contributed by atoms with Crippen LogP contribution in [-0.2, 0) is 0 Å². The Bertz CT molecular complexity index is 450. The normalized spacial score (nSPS) is 11.2. The Morgan fingerprint density at radius 1 is 1.50 bits per heavy atom. The van der Waals surface area contributed by atoms with Gasteiger partial charge < -0.3 is 10.2 Å². The highest BCUT2D eigenvalue weighted by Crippen LogP contribution is 2.20. The van der Waals surface area contributed by atoms with Crippen LogP contribution in [0.4, 0.5) is 19.0 Å². The molecule has 0 aliphatic heterocycles. The van der Waals surface area contributed by atoms with Crippen molar-refractivity contribution in [3.05, 3.63) is 22.8 Å². The quantitative estimate of drug-likeness (QED) is 0.925. The van der Waals surface area contributed by atoms with E-state index in [0.29, 0.717) is 10.7 Å². The summed E-state index contributed by atoms with van der Waals surface area (Å²) >= 11 is 5.74. The topological polar surface area (TPSA) is 45.2 Å². The fourth-order valence-corrected chi connectivity index (χ4v) is 1.44. The first-order valence-electron chi connectivity index (χ1n) is 4.91. The molecule has 0 aliphatic rings. The summed E-state index contributed by atoms with van der Waals surface area (Å²) < 4.78 is 36.5. The van der Waals surface area contributed by atoms with E-state index in [-0.39, 0.29) is 10.7 Å². The number of rotatable bonds is 3. The van der Waals surface area contributed by atoms with E-state index in [2.05, 4.69) is 10.3 Å². The van der Waals surface area contributed by atoms with E-state index in [1.54, 1.807) is 7.05 Å². The van der Waals surface area contributed by atoms with Gasteiger partial charge in [0.2, 0.25) is 0 Å². The molecule has 0 aliphatic carbocycles. The Hall–Kier alpha value is -1.50. The Morgan fingerprint density at radius 3 is 2.61 bits per heavy atom. The van der Waals surface area contributed by atoms with Crippen molar-refractivity contribution >= 4 is 23.3 Å². The summed E-state index contributed by atoms with van der Waals surface area (Å²) in [7, 11) is 2.61. The second-order valence-corrected chi connectivity index (χ2v) is 3.96. The Morgan fingerprint density at radius 2 is 2.11 bits per heavy atom. The number of hydrogen-bond donors (Lipinski definition) is 1. The number of nitrogens with one attached hydrogen (secondary N) is 1. The standard InChI is InChI=1S/C10H11ClF3N3O/c1-15-7-4-3-6(11)8(16-7)9(18)17(2)5-10(12,13)14/h3-4H,5H2,1-2H3,(H,15,16). The molecule has 0 aromatic carbocycles. The number of alkyl halides is 3. The third-order valence-corrected chi connectivity index (χ3v) is 2.37. The van der Waals surface area contributed by atoms with Crippen LogP contribution in [0.3, 0.4) is 0 Å². The molecular weight excluding hydrogens is 271 g/mol. The first-order valence-corrected chi connectivity index (χ1v) is 5.29. The summed E-state index contributed by atoms with van der Waals surface area (Å²) in [6.07, 6.45) is -4.46. The lowest BCUT2D eigenvalue weighted by atomic mass is 10.3. The summed E-state index contributed by atoms with van der Waals surface area (Å²) in [4.78, 5) is 16.1. The second-order valence-electron chi connectivity index (χ2n) is 3.55. The molecule has 4 nitrogen and oxygen atoms in total. The zero-order valence-corrected chi connectivity index (χ0v) is 10.4. The minimum Gasteiger partial charge on any atom is -0.373 e. The van der Waals surface area contributed by atoms with Crippen molar-refractivity contribution in [3.63, 3.8) is 0 Å². The molecule has 0 saturated heterocycles. The summed E-state index contributed by atoms with van der Waals surface area (Å²) in [6.45, 7) is -1.35. The van der Waals surface area contributed by atoms with Gasteiger partial charge in [0.1, 0.15) is 18.1 Å². The maximum Gasteiger partial charge on any atom is 0.406 e. The van der Waals surface area contributed by atoms with Crippen molar-refractivity contribution in [2.24, 2.45) is 0 Å². The highest BCUT2D eigenvalue weighted by Gasteiger charge is 2.32. The fraction of sp³-hybridized carbons (Fsp3) is 0.400. The number of nitrogens with zero attached hydrogens (tertiary/aromatic N) is 2. The Balaban J connectivity index is 2.96. The van der Waals surface area contributed by atoms with E-state index in [4.69, 9.17) is 11.6 Å². The van der Waals surface area contributed by atoms with Gasteiger partial charge in [0, 0.05) is 14.1 Å². The van der Waals surface area contributed by atoms with Gasteiger partial charge >= 0.3 is 6.18 Å². The maximum atomic E-state index is 12.2. The van der Waals surface area contributed by atoms with Gasteiger partial charge in [-0.25, -0.2) is 4.98 Å². The number of carbonyl (C=O) groups excluding carboxylic acids is 1. The van der Waals surface area contributed by atoms with E-state index in [0.717, 1.165) is 7.05 Å². The monoisotopic (exact) mass is 281 g/mol. The molecule has 0 bridgehead atoms. The number of halogens is 4. The molecule has 18 heavy (non-hydrogen) atoms. The lowest BCUT2D eigenvalue weighted by molar-refractivity contribution is -0.138. The zero-order valence-electron chi connectivity index (χ0n) is 9.68. The van der Waals surface area contributed by atoms with Crippen LogP contribution in [-0.4, -0.2) is 42.6 Å². The van der Waals surface area contributed by atoms with Gasteiger partial charge in [-0.2, -0.15) is 13.2 Å². The van der Waals surface area contributed by atoms with E-state index in [1.807, 2.05) is 0 Å². The summed E-state index contributed by atoms with van der Waals surface area (Å²) in [6, 6.07) is 2.91. The van der Waals surface area contributed by atoms with Gasteiger partial charge in [-0.15, -0.1) is 0 Å². The van der Waals surface area contributed by atoms with Crippen molar-refractivity contribution in [2.75, 3.05) is 26.0 Å². The molecular formula is C10H11ClF3N3O. The van der Waals surface area contributed by atoms with Crippen LogP contribution in [0, 0.1) is 0 Å². The number of amides is 1. The minimum atomic E-state index is -4.46. The molecule has 1 heterocycles. The molecule has 1 aromatic rings. The van der Waals surface area contributed by atoms with Crippen molar-refractivity contribution < 1.29 is 18.0 Å². The summed E-state index contributed by atoms with van der Waals surface area (Å²) in [5.41, 5.74) is -0.213. The van der Waals surface area contributed by atoms with Crippen LogP contribution in [0.15, 0.2) is 12.1 Å². The van der Waals surface area contributed by atoms with Gasteiger partial charge in [0.25, 0.3) is 5.91 Å². The largest absolute Gasteiger partial charge is 0.406 e. The predicted octanol–water partition coefficient (Wildman–Crippen LogP) is 2.41. The number of aromatic nitrogens is 1. The third kappa shape index (κ3) is 3.76. The smallest absolute Gasteiger partial charge is 0.373 e. The van der Waals surface area contributed by atoms with Crippen molar-refractivity contribution in [1.82, 2.24) is 9.88 Å². The van der Waals surface area contributed by atoms with Crippen LogP contribution in [0.2, 0.25) is 5.02 Å². The van der Waals surface area contributed by atoms with E-state index in [1.165, 1.54) is 12.1 Å². The Kier molecular flexibility index (Phi) is 4.39. The highest BCUT2D eigenvalue weighted by molar-refractivity contribution is 6.33. The molecule has 8 heteroatoms. The van der Waals surface area contributed by atoms with Gasteiger partial charge in [-0.1, -0.05) is 11.6 Å². The molecule has 0 spiro atoms. The van der Waals surface area contributed by atoms with Crippen LogP contribution >= 0.6 is 11.6 Å². The molecule has 1 amide bonds. The van der Waals surface area contributed by atoms with Crippen LogP contribution < -0.4 is 5.32 Å². The Labute approximate surface area is 107 Å². The van der Waals surface area contributed by atoms with Crippen LogP contribution in [0.5, 0.6) is 0 Å². The highest BCUT2D eigenvalue weighted by atomic mass is 35.5. The average molecular weight is 282 g/mol. The first kappa shape index (κ1) is 14.6. The SMILES string of the molecule is CNc1ccc(Cl)c(C(=O)N(C)CC(F)(F)F)n1. The molecule has 0 radical (unpaired) electrons. The lowest BCUT2D eigenvalue weighted by Gasteiger charge is -2.19. The van der Waals surface area contributed by atoms with Crippen molar-refractivity contribution in [2.45, 2.75) is 6.18 Å². The van der Waals surface area contributed by atoms with Crippen LogP contribution in [0.1, 0.15) is 10.5 Å². The van der Waals surface area contributed by atoms with E-state index < -0.39 is 18.6 Å². The molecule has 0 fully saturated rings. The molecule has 0 atom stereocenters. The average Bonchev–Trinajstić information content (AvgIpc) is 2.26. The van der Waals surface area contributed by atoms with Gasteiger partial charge in [-0.05, 0) is 12.1 Å².